The van der Waals surface area contributed by atoms with Crippen molar-refractivity contribution in [2.75, 3.05) is 40.1 Å². The molecule has 0 amide bonds. The van der Waals surface area contributed by atoms with E-state index in [2.05, 4.69) is 6.92 Å². The fourth-order valence-corrected chi connectivity index (χ4v) is 1.11. The molecule has 0 rings (SSSR count). The molecule has 0 heterocycles. The van der Waals surface area contributed by atoms with Crippen LogP contribution in [0, 0.1) is 0 Å². The zero-order valence-corrected chi connectivity index (χ0v) is 10.2. The largest absolute Gasteiger partial charge is 0.379 e. The topological polar surface area (TPSA) is 36.9 Å². The van der Waals surface area contributed by atoms with E-state index in [0.29, 0.717) is 26.4 Å². The quantitative estimate of drug-likeness (QED) is 0.393. The minimum atomic E-state index is -0.0921. The van der Waals surface area contributed by atoms with Gasteiger partial charge in [0.2, 0.25) is 0 Å². The molecule has 4 heteroatoms. The van der Waals surface area contributed by atoms with Gasteiger partial charge in [0, 0.05) is 13.7 Å². The lowest BCUT2D eigenvalue weighted by molar-refractivity contribution is -0.138. The van der Waals surface area contributed by atoms with Gasteiger partial charge in [0.05, 0.1) is 26.4 Å². The molecule has 0 aliphatic carbocycles. The SMILES string of the molecule is CCCC(OC)OCCOCCOCC. The number of methoxy groups -OCH3 is 1. The Morgan fingerprint density at radius 2 is 1.60 bits per heavy atom. The van der Waals surface area contributed by atoms with Crippen LogP contribution in [-0.4, -0.2) is 46.4 Å². The highest BCUT2D eigenvalue weighted by Crippen LogP contribution is 2.01. The Morgan fingerprint density at radius 3 is 2.20 bits per heavy atom. The Hall–Kier alpha value is -0.160. The molecule has 0 fully saturated rings. The molecule has 0 aromatic heterocycles. The van der Waals surface area contributed by atoms with E-state index in [1.807, 2.05) is 6.92 Å². The number of ether oxygens (including phenoxy) is 4. The standard InChI is InChI=1S/C11H24O4/c1-4-6-11(12-3)15-10-9-14-8-7-13-5-2/h11H,4-10H2,1-3H3. The van der Waals surface area contributed by atoms with E-state index < -0.39 is 0 Å². The summed E-state index contributed by atoms with van der Waals surface area (Å²) in [5.41, 5.74) is 0. The average Bonchev–Trinajstić information content (AvgIpc) is 2.26. The summed E-state index contributed by atoms with van der Waals surface area (Å²) in [4.78, 5) is 0. The van der Waals surface area contributed by atoms with Crippen LogP contribution in [0.2, 0.25) is 0 Å². The maximum atomic E-state index is 5.45. The van der Waals surface area contributed by atoms with Crippen molar-refractivity contribution in [2.24, 2.45) is 0 Å². The maximum absolute atomic E-state index is 5.45. The first-order valence-electron chi connectivity index (χ1n) is 5.65. The minimum Gasteiger partial charge on any atom is -0.379 e. The van der Waals surface area contributed by atoms with Crippen LogP contribution in [0.5, 0.6) is 0 Å². The lowest BCUT2D eigenvalue weighted by Gasteiger charge is -2.15. The van der Waals surface area contributed by atoms with E-state index in [1.165, 1.54) is 0 Å². The van der Waals surface area contributed by atoms with Gasteiger partial charge in [-0.25, -0.2) is 0 Å². The molecule has 0 aromatic rings. The summed E-state index contributed by atoms with van der Waals surface area (Å²) in [6.07, 6.45) is 1.89. The minimum absolute atomic E-state index is 0.0921. The van der Waals surface area contributed by atoms with Gasteiger partial charge in [-0.3, -0.25) is 0 Å². The zero-order chi connectivity index (χ0) is 11.4. The normalized spacial score (nSPS) is 13.0. The summed E-state index contributed by atoms with van der Waals surface area (Å²) in [5.74, 6) is 0. The second-order valence-electron chi connectivity index (χ2n) is 3.13. The average molecular weight is 220 g/mol. The molecule has 0 saturated heterocycles. The molecule has 0 N–H and O–H groups in total. The van der Waals surface area contributed by atoms with Gasteiger partial charge in [-0.15, -0.1) is 0 Å². The van der Waals surface area contributed by atoms with Crippen LogP contribution in [0.4, 0.5) is 0 Å². The van der Waals surface area contributed by atoms with Crippen molar-refractivity contribution in [1.29, 1.82) is 0 Å². The zero-order valence-electron chi connectivity index (χ0n) is 10.2. The van der Waals surface area contributed by atoms with Gasteiger partial charge >= 0.3 is 0 Å². The highest BCUT2D eigenvalue weighted by molar-refractivity contribution is 4.42. The first kappa shape index (κ1) is 14.8. The predicted octanol–water partition coefficient (Wildman–Crippen LogP) is 1.83. The van der Waals surface area contributed by atoms with Crippen LogP contribution in [-0.2, 0) is 18.9 Å². The van der Waals surface area contributed by atoms with Crippen LogP contribution >= 0.6 is 0 Å². The van der Waals surface area contributed by atoms with E-state index in [1.54, 1.807) is 7.11 Å². The first-order chi connectivity index (χ1) is 7.35. The van der Waals surface area contributed by atoms with Gasteiger partial charge in [0.1, 0.15) is 0 Å². The molecule has 1 atom stereocenters. The second-order valence-corrected chi connectivity index (χ2v) is 3.13. The summed E-state index contributed by atoms with van der Waals surface area (Å²) in [5, 5.41) is 0. The van der Waals surface area contributed by atoms with Crippen LogP contribution in [0.15, 0.2) is 0 Å². The Labute approximate surface area is 92.8 Å². The molecule has 4 nitrogen and oxygen atoms in total. The molecule has 15 heavy (non-hydrogen) atoms. The van der Waals surface area contributed by atoms with Gasteiger partial charge in [-0.05, 0) is 13.3 Å². The fourth-order valence-electron chi connectivity index (χ4n) is 1.11. The summed E-state index contributed by atoms with van der Waals surface area (Å²) >= 11 is 0. The molecule has 0 aromatic carbocycles. The fraction of sp³-hybridized carbons (Fsp3) is 1.00. The molecule has 0 aliphatic rings. The van der Waals surface area contributed by atoms with E-state index in [-0.39, 0.29) is 6.29 Å². The van der Waals surface area contributed by atoms with E-state index in [0.717, 1.165) is 19.4 Å². The van der Waals surface area contributed by atoms with E-state index >= 15 is 0 Å². The molecule has 0 radical (unpaired) electrons. The third-order valence-electron chi connectivity index (χ3n) is 1.89. The molecule has 1 unspecified atom stereocenters. The molecule has 0 saturated carbocycles. The number of hydrogen-bond donors (Lipinski definition) is 0. The van der Waals surface area contributed by atoms with Crippen molar-refractivity contribution >= 4 is 0 Å². The number of hydrogen-bond acceptors (Lipinski definition) is 4. The molecule has 0 bridgehead atoms. The summed E-state index contributed by atoms with van der Waals surface area (Å²) < 4.78 is 21.0. The van der Waals surface area contributed by atoms with Gasteiger partial charge in [-0.1, -0.05) is 13.3 Å². The van der Waals surface area contributed by atoms with Crippen LogP contribution in [0.1, 0.15) is 26.7 Å². The van der Waals surface area contributed by atoms with Gasteiger partial charge in [0.25, 0.3) is 0 Å². The van der Waals surface area contributed by atoms with E-state index in [4.69, 9.17) is 18.9 Å². The third kappa shape index (κ3) is 10.1. The van der Waals surface area contributed by atoms with Crippen molar-refractivity contribution in [3.63, 3.8) is 0 Å². The Bertz CT molecular complexity index is 119. The molecular weight excluding hydrogens is 196 g/mol. The molecule has 92 valence electrons. The highest BCUT2D eigenvalue weighted by atomic mass is 16.7. The molecule has 0 spiro atoms. The van der Waals surface area contributed by atoms with Gasteiger partial charge in [-0.2, -0.15) is 0 Å². The lowest BCUT2D eigenvalue weighted by Crippen LogP contribution is -2.18. The highest BCUT2D eigenvalue weighted by Gasteiger charge is 2.04. The van der Waals surface area contributed by atoms with Crippen LogP contribution in [0.3, 0.4) is 0 Å². The lowest BCUT2D eigenvalue weighted by atomic mass is 10.3. The van der Waals surface area contributed by atoms with Gasteiger partial charge in [0.15, 0.2) is 6.29 Å². The third-order valence-corrected chi connectivity index (χ3v) is 1.89. The summed E-state index contributed by atoms with van der Waals surface area (Å²) in [7, 11) is 1.66. The van der Waals surface area contributed by atoms with Crippen molar-refractivity contribution in [3.05, 3.63) is 0 Å². The smallest absolute Gasteiger partial charge is 0.157 e. The summed E-state index contributed by atoms with van der Waals surface area (Å²) in [6, 6.07) is 0. The van der Waals surface area contributed by atoms with E-state index in [9.17, 15) is 0 Å². The Kier molecular flexibility index (Phi) is 11.8. The molecular formula is C11H24O4. The number of rotatable bonds is 11. The molecule has 0 aliphatic heterocycles. The van der Waals surface area contributed by atoms with Crippen LogP contribution < -0.4 is 0 Å². The van der Waals surface area contributed by atoms with Gasteiger partial charge < -0.3 is 18.9 Å². The van der Waals surface area contributed by atoms with Crippen molar-refractivity contribution in [2.45, 2.75) is 33.0 Å². The Balaban J connectivity index is 3.14. The van der Waals surface area contributed by atoms with Crippen molar-refractivity contribution < 1.29 is 18.9 Å². The predicted molar refractivity (Wildman–Crippen MR) is 59.0 cm³/mol. The van der Waals surface area contributed by atoms with Crippen molar-refractivity contribution in [1.82, 2.24) is 0 Å². The first-order valence-corrected chi connectivity index (χ1v) is 5.65. The Morgan fingerprint density at radius 1 is 0.933 bits per heavy atom. The summed E-state index contributed by atoms with van der Waals surface area (Å²) in [6.45, 7) is 7.26. The monoisotopic (exact) mass is 220 g/mol. The van der Waals surface area contributed by atoms with Crippen LogP contribution in [0.25, 0.3) is 0 Å². The second kappa shape index (κ2) is 11.9. The maximum Gasteiger partial charge on any atom is 0.157 e. The van der Waals surface area contributed by atoms with Crippen molar-refractivity contribution in [3.8, 4) is 0 Å².